The van der Waals surface area contributed by atoms with Crippen LogP contribution in [0.15, 0.2) is 243 Å². The van der Waals surface area contributed by atoms with Crippen LogP contribution in [-0.4, -0.2) is 104 Å². The van der Waals surface area contributed by atoms with Gasteiger partial charge in [-0.05, 0) is 132 Å². The second kappa shape index (κ2) is 28.4. The molecule has 1 saturated heterocycles. The SMILES string of the molecule is CC(C)(C)NC(=O)c1cn(C(c2ccccc2)(c2ccccc2)c2ccccc2)c2ncc(-c3n[nH]c4ccc(OC(F)F)cc34)nc12.CC(C)(C)NC(=O)c1cn(C(c2ccccc2)(c2ccccc2)c2ccccc2)c2ncc(-c3nn(CCC4COC(C)(C)O4)c4ccc(OC(F)F)cc34)nc12. The van der Waals surface area contributed by atoms with Crippen LogP contribution in [0.4, 0.5) is 17.6 Å². The van der Waals surface area contributed by atoms with Crippen molar-refractivity contribution in [2.45, 2.75) is 116 Å². The number of aryl methyl sites for hydroxylation is 1. The van der Waals surface area contributed by atoms with Crippen LogP contribution in [-0.2, 0) is 27.1 Å². The minimum Gasteiger partial charge on any atom is -0.435 e. The van der Waals surface area contributed by atoms with Gasteiger partial charge in [0.25, 0.3) is 11.8 Å². The quantitative estimate of drug-likeness (QED) is 0.0511. The molecule has 2 amide bonds. The maximum atomic E-state index is 14.4. The first-order valence-corrected chi connectivity index (χ1v) is 34.4. The topological polar surface area (TPSA) is 203 Å². The predicted molar refractivity (Wildman–Crippen MR) is 395 cm³/mol. The predicted octanol–water partition coefficient (Wildman–Crippen LogP) is 16.9. The van der Waals surface area contributed by atoms with E-state index in [-0.39, 0.29) is 29.4 Å². The third-order valence-electron chi connectivity index (χ3n) is 18.2. The van der Waals surface area contributed by atoms with Gasteiger partial charge in [-0.3, -0.25) is 19.4 Å². The lowest BCUT2D eigenvalue weighted by Crippen LogP contribution is -2.40. The summed E-state index contributed by atoms with van der Waals surface area (Å²) >= 11 is 0. The number of carbonyl (C=O) groups excluding carboxylic acids is 2. The number of aromatic amines is 1. The molecule has 1 atom stereocenters. The molecule has 6 aromatic heterocycles. The summed E-state index contributed by atoms with van der Waals surface area (Å²) in [6.45, 7) is 10.2. The number of amides is 2. The number of nitrogens with zero attached hydrogens (tertiary/aromatic N) is 9. The molecule has 1 aliphatic heterocycles. The second-order valence-corrected chi connectivity index (χ2v) is 28.2. The molecule has 0 radical (unpaired) electrons. The highest BCUT2D eigenvalue weighted by molar-refractivity contribution is 6.07. The molecular weight excluding hydrogens is 1340 g/mol. The lowest BCUT2D eigenvalue weighted by Gasteiger charge is -2.38. The monoisotopic (exact) mass is 1410 g/mol. The van der Waals surface area contributed by atoms with Crippen molar-refractivity contribution < 1.29 is 46.1 Å². The van der Waals surface area contributed by atoms with Crippen molar-refractivity contribution in [1.29, 1.82) is 0 Å². The number of hydrogen-bond acceptors (Lipinski definition) is 12. The summed E-state index contributed by atoms with van der Waals surface area (Å²) < 4.78 is 80.1. The molecule has 14 aromatic rings. The van der Waals surface area contributed by atoms with E-state index in [0.29, 0.717) is 97.6 Å². The van der Waals surface area contributed by atoms with Gasteiger partial charge in [-0.25, -0.2) is 19.9 Å². The first-order valence-electron chi connectivity index (χ1n) is 34.4. The van der Waals surface area contributed by atoms with E-state index in [2.05, 4.69) is 98.4 Å². The standard InChI is InChI=1S/C45H44F2N6O4.C38H32F2N6O2/c1-43(2,3)50-41(54)35-27-52(45(29-15-9-6-10-16-29,30-17-11-7-12-18-30)31-19-13-8-14-20-31)40-39(35)49-36(26-48-40)38-34-25-32(56-42(46)47)21-22-37(34)53(51-38)24-23-33-28-55-44(4,5)57-33;1-37(2,3)43-35(47)29-23-46(38(24-13-7-4-8-14-24,25-15-9-5-10-16-25)26-17-11-6-12-18-26)34-33(29)42-31(22-41-34)32-28-21-27(48-36(39)40)19-20-30(28)44-45-32/h6-22,25-27,33,42H,23-24,28H2,1-5H3,(H,50,54);4-23,36H,1-3H3,(H,43,47)(H,44,45). The van der Waals surface area contributed by atoms with Crippen molar-refractivity contribution in [3.8, 4) is 34.3 Å². The Labute approximate surface area is 603 Å². The smallest absolute Gasteiger partial charge is 0.387 e. The number of halogens is 4. The fourth-order valence-corrected chi connectivity index (χ4v) is 14.0. The number of nitrogens with one attached hydrogen (secondary N) is 3. The third-order valence-corrected chi connectivity index (χ3v) is 18.2. The molecule has 0 spiro atoms. The van der Waals surface area contributed by atoms with Gasteiger partial charge in [0.2, 0.25) is 0 Å². The third kappa shape index (κ3) is 14.0. The lowest BCUT2D eigenvalue weighted by atomic mass is 9.76. The van der Waals surface area contributed by atoms with Crippen LogP contribution in [0.2, 0.25) is 0 Å². The summed E-state index contributed by atoms with van der Waals surface area (Å²) in [5, 5.41) is 19.6. The molecule has 0 saturated carbocycles. The summed E-state index contributed by atoms with van der Waals surface area (Å²) in [5.74, 6) is -1.35. The molecule has 0 aliphatic carbocycles. The highest BCUT2D eigenvalue weighted by Gasteiger charge is 2.44. The number of ether oxygens (including phenoxy) is 4. The molecule has 1 fully saturated rings. The molecule has 1 unspecified atom stereocenters. The first kappa shape index (κ1) is 70.2. The van der Waals surface area contributed by atoms with E-state index >= 15 is 0 Å². The van der Waals surface area contributed by atoms with Crippen LogP contribution in [0.25, 0.3) is 66.9 Å². The van der Waals surface area contributed by atoms with E-state index in [1.807, 2.05) is 186 Å². The van der Waals surface area contributed by atoms with Crippen molar-refractivity contribution in [2.24, 2.45) is 0 Å². The van der Waals surface area contributed by atoms with Gasteiger partial charge in [0.15, 0.2) is 17.1 Å². The molecule has 3 N–H and O–H groups in total. The summed E-state index contributed by atoms with van der Waals surface area (Å²) in [5.41, 5.74) is 7.72. The highest BCUT2D eigenvalue weighted by Crippen LogP contribution is 2.46. The summed E-state index contributed by atoms with van der Waals surface area (Å²) in [4.78, 5) is 48.7. The van der Waals surface area contributed by atoms with E-state index in [0.717, 1.165) is 33.4 Å². The number of benzene rings is 8. The second-order valence-electron chi connectivity index (χ2n) is 28.2. The summed E-state index contributed by atoms with van der Waals surface area (Å²) in [6, 6.07) is 69.9. The molecule has 1 aliphatic rings. The first-order chi connectivity index (χ1) is 50.5. The fourth-order valence-electron chi connectivity index (χ4n) is 14.0. The van der Waals surface area contributed by atoms with E-state index in [9.17, 15) is 27.2 Å². The largest absolute Gasteiger partial charge is 0.435 e. The van der Waals surface area contributed by atoms with Gasteiger partial charge < -0.3 is 38.7 Å². The lowest BCUT2D eigenvalue weighted by molar-refractivity contribution is -0.139. The number of aromatic nitrogens is 10. The summed E-state index contributed by atoms with van der Waals surface area (Å²) in [6.07, 6.45) is 7.31. The van der Waals surface area contributed by atoms with E-state index in [1.54, 1.807) is 29.2 Å². The average molecular weight is 1410 g/mol. The minimum absolute atomic E-state index is 0.0102. The Morgan fingerprint density at radius 2 is 0.933 bits per heavy atom. The van der Waals surface area contributed by atoms with Gasteiger partial charge in [0.05, 0.1) is 47.3 Å². The molecule has 22 heteroatoms. The van der Waals surface area contributed by atoms with Crippen LogP contribution in [0.5, 0.6) is 11.5 Å². The van der Waals surface area contributed by atoms with Crippen LogP contribution < -0.4 is 20.1 Å². The van der Waals surface area contributed by atoms with Crippen LogP contribution in [0.1, 0.15) is 116 Å². The molecule has 532 valence electrons. The van der Waals surface area contributed by atoms with E-state index in [4.69, 9.17) is 39.2 Å². The van der Waals surface area contributed by atoms with E-state index < -0.39 is 41.2 Å². The minimum atomic E-state index is -3.01. The van der Waals surface area contributed by atoms with Crippen LogP contribution in [0, 0.1) is 0 Å². The molecule has 7 heterocycles. The van der Waals surface area contributed by atoms with Crippen molar-refractivity contribution >= 4 is 55.9 Å². The highest BCUT2D eigenvalue weighted by atomic mass is 19.3. The van der Waals surface area contributed by atoms with Gasteiger partial charge in [-0.15, -0.1) is 0 Å². The van der Waals surface area contributed by atoms with Gasteiger partial charge in [-0.1, -0.05) is 182 Å². The van der Waals surface area contributed by atoms with Gasteiger partial charge in [0, 0.05) is 40.8 Å². The Morgan fingerprint density at radius 3 is 1.31 bits per heavy atom. The van der Waals surface area contributed by atoms with Gasteiger partial charge in [-0.2, -0.15) is 27.8 Å². The fraction of sp³-hybridized carbons (Fsp3) is 0.229. The molecule has 8 aromatic carbocycles. The summed E-state index contributed by atoms with van der Waals surface area (Å²) in [7, 11) is 0. The Bertz CT molecular complexity index is 5240. The van der Waals surface area contributed by atoms with E-state index in [1.165, 1.54) is 24.3 Å². The normalized spacial score (nSPS) is 14.1. The zero-order valence-corrected chi connectivity index (χ0v) is 58.9. The van der Waals surface area contributed by atoms with Crippen molar-refractivity contribution in [3.05, 3.63) is 288 Å². The molecule has 18 nitrogen and oxygen atoms in total. The number of fused-ring (bicyclic) bond motifs is 4. The molecule has 15 rings (SSSR count). The van der Waals surface area contributed by atoms with Crippen LogP contribution in [0.3, 0.4) is 0 Å². The molecular formula is C83H76F4N12O6. The Hall–Kier alpha value is -11.9. The molecule has 105 heavy (non-hydrogen) atoms. The number of alkyl halides is 4. The number of carbonyl (C=O) groups is 2. The van der Waals surface area contributed by atoms with Gasteiger partial charge in [0.1, 0.15) is 56.4 Å². The Kier molecular flexibility index (Phi) is 19.0. The van der Waals surface area contributed by atoms with Crippen molar-refractivity contribution in [3.63, 3.8) is 0 Å². The maximum absolute atomic E-state index is 14.4. The van der Waals surface area contributed by atoms with Crippen molar-refractivity contribution in [1.82, 2.24) is 59.7 Å². The number of rotatable bonds is 19. The van der Waals surface area contributed by atoms with Gasteiger partial charge >= 0.3 is 13.2 Å². The van der Waals surface area contributed by atoms with Crippen LogP contribution >= 0.6 is 0 Å². The maximum Gasteiger partial charge on any atom is 0.387 e. The zero-order chi connectivity index (χ0) is 73.4. The average Bonchev–Trinajstić information content (AvgIpc) is 1.66. The number of hydrogen-bond donors (Lipinski definition) is 3. The Morgan fingerprint density at radius 1 is 0.543 bits per heavy atom. The molecule has 0 bridgehead atoms. The zero-order valence-electron chi connectivity index (χ0n) is 58.9. The van der Waals surface area contributed by atoms with Crippen molar-refractivity contribution in [2.75, 3.05) is 6.61 Å². The Balaban J connectivity index is 0.000000179. The number of H-pyrrole nitrogens is 1.